The Morgan fingerprint density at radius 2 is 2.50 bits per heavy atom. The van der Waals surface area contributed by atoms with Gasteiger partial charge in [-0.15, -0.1) is 0 Å². The fourth-order valence-corrected chi connectivity index (χ4v) is 2.13. The summed E-state index contributed by atoms with van der Waals surface area (Å²) in [6.07, 6.45) is 3.88. The van der Waals surface area contributed by atoms with E-state index >= 15 is 0 Å². The van der Waals surface area contributed by atoms with Crippen molar-refractivity contribution in [2.45, 2.75) is 25.4 Å². The lowest BCUT2D eigenvalue weighted by Crippen LogP contribution is -2.16. The molecular formula is C12H18N2O2. The Labute approximate surface area is 95.4 Å². The molecule has 1 aliphatic heterocycles. The number of anilines is 1. The van der Waals surface area contributed by atoms with Crippen molar-refractivity contribution < 1.29 is 9.84 Å². The predicted molar refractivity (Wildman–Crippen MR) is 61.9 cm³/mol. The number of nitrogens with zero attached hydrogens (tertiary/aromatic N) is 1. The standard InChI is InChI=1S/C12H18N2O2/c13-12-7-9(1-3-14-12)5-11(15)6-10-2-4-16-8-10/h1,3,7,10-11,15H,2,4-6,8H2,(H2,13,14). The van der Waals surface area contributed by atoms with Crippen LogP contribution in [-0.2, 0) is 11.2 Å². The van der Waals surface area contributed by atoms with E-state index in [1.165, 1.54) is 0 Å². The van der Waals surface area contributed by atoms with Gasteiger partial charge in [0.2, 0.25) is 0 Å². The molecule has 1 aromatic heterocycles. The molecule has 0 aliphatic carbocycles. The largest absolute Gasteiger partial charge is 0.393 e. The third-order valence-corrected chi connectivity index (χ3v) is 2.95. The van der Waals surface area contributed by atoms with Gasteiger partial charge in [0.15, 0.2) is 0 Å². The summed E-state index contributed by atoms with van der Waals surface area (Å²) in [7, 11) is 0. The minimum Gasteiger partial charge on any atom is -0.393 e. The summed E-state index contributed by atoms with van der Waals surface area (Å²) in [5.74, 6) is 1.02. The van der Waals surface area contributed by atoms with Crippen molar-refractivity contribution in [3.63, 3.8) is 0 Å². The summed E-state index contributed by atoms with van der Waals surface area (Å²) in [6.45, 7) is 1.62. The summed E-state index contributed by atoms with van der Waals surface area (Å²) in [5.41, 5.74) is 6.63. The molecule has 16 heavy (non-hydrogen) atoms. The summed E-state index contributed by atoms with van der Waals surface area (Å²) < 4.78 is 5.29. The van der Waals surface area contributed by atoms with Crippen LogP contribution in [0.4, 0.5) is 5.82 Å². The van der Waals surface area contributed by atoms with Gasteiger partial charge in [-0.2, -0.15) is 0 Å². The van der Waals surface area contributed by atoms with Gasteiger partial charge in [0, 0.05) is 19.4 Å². The van der Waals surface area contributed by atoms with Crippen LogP contribution >= 0.6 is 0 Å². The quantitative estimate of drug-likeness (QED) is 0.797. The van der Waals surface area contributed by atoms with Gasteiger partial charge in [-0.1, -0.05) is 0 Å². The normalized spacial score (nSPS) is 22.2. The zero-order chi connectivity index (χ0) is 11.4. The van der Waals surface area contributed by atoms with E-state index in [0.29, 0.717) is 18.2 Å². The minimum absolute atomic E-state index is 0.312. The highest BCUT2D eigenvalue weighted by Gasteiger charge is 2.19. The number of rotatable bonds is 4. The maximum atomic E-state index is 9.94. The smallest absolute Gasteiger partial charge is 0.123 e. The number of hydrogen-bond donors (Lipinski definition) is 2. The average molecular weight is 222 g/mol. The van der Waals surface area contributed by atoms with Crippen LogP contribution < -0.4 is 5.73 Å². The molecule has 2 atom stereocenters. The number of aromatic nitrogens is 1. The highest BCUT2D eigenvalue weighted by molar-refractivity contribution is 5.32. The molecule has 0 bridgehead atoms. The maximum absolute atomic E-state index is 9.94. The van der Waals surface area contributed by atoms with Crippen molar-refractivity contribution in [1.82, 2.24) is 4.98 Å². The molecule has 1 fully saturated rings. The Balaban J connectivity index is 1.84. The second kappa shape index (κ2) is 5.27. The first-order valence-electron chi connectivity index (χ1n) is 5.70. The van der Waals surface area contributed by atoms with E-state index < -0.39 is 0 Å². The Hall–Kier alpha value is -1.13. The van der Waals surface area contributed by atoms with E-state index in [9.17, 15) is 5.11 Å². The second-order valence-electron chi connectivity index (χ2n) is 4.41. The third-order valence-electron chi connectivity index (χ3n) is 2.95. The molecule has 0 spiro atoms. The Morgan fingerprint density at radius 3 is 3.19 bits per heavy atom. The molecular weight excluding hydrogens is 204 g/mol. The molecule has 1 aromatic rings. The Bertz CT molecular complexity index is 338. The first-order chi connectivity index (χ1) is 7.74. The van der Waals surface area contributed by atoms with Crippen LogP contribution in [0, 0.1) is 5.92 Å². The maximum Gasteiger partial charge on any atom is 0.123 e. The van der Waals surface area contributed by atoms with Gasteiger partial charge in [0.05, 0.1) is 6.10 Å². The zero-order valence-corrected chi connectivity index (χ0v) is 9.30. The predicted octanol–water partition coefficient (Wildman–Crippen LogP) is 0.994. The molecule has 0 amide bonds. The molecule has 0 aromatic carbocycles. The average Bonchev–Trinajstić information content (AvgIpc) is 2.70. The number of aliphatic hydroxyl groups excluding tert-OH is 1. The van der Waals surface area contributed by atoms with Crippen molar-refractivity contribution in [3.05, 3.63) is 23.9 Å². The van der Waals surface area contributed by atoms with Crippen LogP contribution in [0.5, 0.6) is 0 Å². The van der Waals surface area contributed by atoms with E-state index in [2.05, 4.69) is 4.98 Å². The van der Waals surface area contributed by atoms with Crippen molar-refractivity contribution in [2.75, 3.05) is 18.9 Å². The van der Waals surface area contributed by atoms with E-state index in [0.717, 1.165) is 31.6 Å². The number of hydrogen-bond acceptors (Lipinski definition) is 4. The van der Waals surface area contributed by atoms with Crippen LogP contribution in [0.1, 0.15) is 18.4 Å². The molecule has 1 aliphatic rings. The molecule has 2 rings (SSSR count). The first kappa shape index (κ1) is 11.4. The number of aliphatic hydroxyl groups is 1. The van der Waals surface area contributed by atoms with Gasteiger partial charge >= 0.3 is 0 Å². The zero-order valence-electron chi connectivity index (χ0n) is 9.30. The summed E-state index contributed by atoms with van der Waals surface area (Å²) >= 11 is 0. The molecule has 2 unspecified atom stereocenters. The SMILES string of the molecule is Nc1cc(CC(O)CC2CCOC2)ccn1. The van der Waals surface area contributed by atoms with Gasteiger partial charge in [0.1, 0.15) is 5.82 Å². The topological polar surface area (TPSA) is 68.4 Å². The van der Waals surface area contributed by atoms with Crippen LogP contribution in [0.3, 0.4) is 0 Å². The van der Waals surface area contributed by atoms with Gasteiger partial charge in [0.25, 0.3) is 0 Å². The molecule has 4 nitrogen and oxygen atoms in total. The summed E-state index contributed by atoms with van der Waals surface area (Å²) in [5, 5.41) is 9.94. The monoisotopic (exact) mass is 222 g/mol. The van der Waals surface area contributed by atoms with Gasteiger partial charge in [-0.05, 0) is 42.9 Å². The fourth-order valence-electron chi connectivity index (χ4n) is 2.13. The lowest BCUT2D eigenvalue weighted by Gasteiger charge is -2.14. The van der Waals surface area contributed by atoms with E-state index in [1.54, 1.807) is 6.20 Å². The third kappa shape index (κ3) is 3.18. The fraction of sp³-hybridized carbons (Fsp3) is 0.583. The molecule has 1 saturated heterocycles. The van der Waals surface area contributed by atoms with Gasteiger partial charge < -0.3 is 15.6 Å². The molecule has 0 radical (unpaired) electrons. The molecule has 88 valence electrons. The number of nitrogen functional groups attached to an aromatic ring is 1. The van der Waals surface area contributed by atoms with E-state index in [1.807, 2.05) is 12.1 Å². The highest BCUT2D eigenvalue weighted by Crippen LogP contribution is 2.20. The lowest BCUT2D eigenvalue weighted by atomic mass is 9.97. The molecule has 0 saturated carbocycles. The summed E-state index contributed by atoms with van der Waals surface area (Å²) in [4.78, 5) is 3.93. The van der Waals surface area contributed by atoms with Crippen LogP contribution in [-0.4, -0.2) is 29.4 Å². The molecule has 3 N–H and O–H groups in total. The molecule has 4 heteroatoms. The highest BCUT2D eigenvalue weighted by atomic mass is 16.5. The lowest BCUT2D eigenvalue weighted by molar-refractivity contribution is 0.129. The van der Waals surface area contributed by atoms with Crippen molar-refractivity contribution >= 4 is 5.82 Å². The molecule has 2 heterocycles. The van der Waals surface area contributed by atoms with Gasteiger partial charge in [-0.25, -0.2) is 4.98 Å². The summed E-state index contributed by atoms with van der Waals surface area (Å²) in [6, 6.07) is 3.71. The van der Waals surface area contributed by atoms with Gasteiger partial charge in [-0.3, -0.25) is 0 Å². The minimum atomic E-state index is -0.312. The Kier molecular flexibility index (Phi) is 3.74. The first-order valence-corrected chi connectivity index (χ1v) is 5.70. The van der Waals surface area contributed by atoms with Crippen molar-refractivity contribution in [1.29, 1.82) is 0 Å². The van der Waals surface area contributed by atoms with Crippen LogP contribution in [0.15, 0.2) is 18.3 Å². The number of ether oxygens (including phenoxy) is 1. The van der Waals surface area contributed by atoms with E-state index in [4.69, 9.17) is 10.5 Å². The van der Waals surface area contributed by atoms with E-state index in [-0.39, 0.29) is 6.10 Å². The van der Waals surface area contributed by atoms with Crippen LogP contribution in [0.25, 0.3) is 0 Å². The second-order valence-corrected chi connectivity index (χ2v) is 4.41. The Morgan fingerprint density at radius 1 is 1.62 bits per heavy atom. The van der Waals surface area contributed by atoms with Crippen LogP contribution in [0.2, 0.25) is 0 Å². The number of nitrogens with two attached hydrogens (primary N) is 1. The number of pyridine rings is 1. The van der Waals surface area contributed by atoms with Crippen molar-refractivity contribution in [2.24, 2.45) is 5.92 Å². The van der Waals surface area contributed by atoms with Crippen molar-refractivity contribution in [3.8, 4) is 0 Å².